The number of nitro groups is 1. The topological polar surface area (TPSA) is 101 Å². The highest BCUT2D eigenvalue weighted by molar-refractivity contribution is 5.77. The Morgan fingerprint density at radius 1 is 1.21 bits per heavy atom. The zero-order valence-corrected chi connectivity index (χ0v) is 16.9. The summed E-state index contributed by atoms with van der Waals surface area (Å²) in [6.07, 6.45) is 1.20. The van der Waals surface area contributed by atoms with Crippen molar-refractivity contribution >= 4 is 23.2 Å². The summed E-state index contributed by atoms with van der Waals surface area (Å²) in [5.41, 5.74) is 0.424. The Hall–Kier alpha value is -3.23. The summed E-state index contributed by atoms with van der Waals surface area (Å²) in [5.74, 6) is 0.690. The minimum absolute atomic E-state index is 0.0183. The molecule has 2 aromatic rings. The Labute approximate surface area is 169 Å². The number of hydrogen-bond donors (Lipinski definition) is 1. The fourth-order valence-electron chi connectivity index (χ4n) is 3.17. The van der Waals surface area contributed by atoms with E-state index in [0.717, 1.165) is 0 Å². The highest BCUT2D eigenvalue weighted by atomic mass is 16.6. The fourth-order valence-corrected chi connectivity index (χ4v) is 3.17. The van der Waals surface area contributed by atoms with E-state index in [9.17, 15) is 14.9 Å². The Morgan fingerprint density at radius 2 is 1.93 bits per heavy atom. The third-order valence-corrected chi connectivity index (χ3v) is 4.50. The molecule has 0 unspecified atom stereocenters. The highest BCUT2D eigenvalue weighted by Gasteiger charge is 2.29. The van der Waals surface area contributed by atoms with Crippen molar-refractivity contribution in [2.45, 2.75) is 32.9 Å². The molecular formula is C20H26N4O5. The van der Waals surface area contributed by atoms with Gasteiger partial charge < -0.3 is 24.3 Å². The standard InChI is InChI=1S/C20H26N4O5/c1-20(2,3)29-19(25)23-11-9-22(10-12-23)17-8-4-7-16(18(17)24(26)27)21-14-15-6-5-13-28-15/h4-8,13,21H,9-12,14H2,1-3H3. The average Bonchev–Trinajstić information content (AvgIpc) is 3.18. The van der Waals surface area contributed by atoms with Crippen molar-refractivity contribution in [3.8, 4) is 0 Å². The highest BCUT2D eigenvalue weighted by Crippen LogP contribution is 2.36. The molecule has 0 bridgehead atoms. The normalized spacial score (nSPS) is 14.6. The maximum Gasteiger partial charge on any atom is 0.410 e. The van der Waals surface area contributed by atoms with E-state index in [-0.39, 0.29) is 16.7 Å². The van der Waals surface area contributed by atoms with Crippen LogP contribution in [0.15, 0.2) is 41.0 Å². The number of furan rings is 1. The Kier molecular flexibility index (Phi) is 5.95. The summed E-state index contributed by atoms with van der Waals surface area (Å²) in [5, 5.41) is 14.9. The first-order valence-corrected chi connectivity index (χ1v) is 9.51. The fraction of sp³-hybridized carbons (Fsp3) is 0.450. The first-order valence-electron chi connectivity index (χ1n) is 9.51. The molecule has 2 heterocycles. The van der Waals surface area contributed by atoms with Gasteiger partial charge in [0.25, 0.3) is 0 Å². The van der Waals surface area contributed by atoms with Crippen molar-refractivity contribution in [1.29, 1.82) is 0 Å². The minimum Gasteiger partial charge on any atom is -0.467 e. The van der Waals surface area contributed by atoms with Gasteiger partial charge in [-0.05, 0) is 45.0 Å². The number of anilines is 2. The van der Waals surface area contributed by atoms with Crippen LogP contribution in [0.2, 0.25) is 0 Å². The quantitative estimate of drug-likeness (QED) is 0.598. The first-order chi connectivity index (χ1) is 13.7. The molecule has 0 atom stereocenters. The number of nitrogens with one attached hydrogen (secondary N) is 1. The molecule has 1 aromatic heterocycles. The van der Waals surface area contributed by atoms with Crippen molar-refractivity contribution in [2.75, 3.05) is 36.4 Å². The van der Waals surface area contributed by atoms with Crippen molar-refractivity contribution in [2.24, 2.45) is 0 Å². The number of hydrogen-bond acceptors (Lipinski definition) is 7. The first kappa shape index (κ1) is 20.5. The lowest BCUT2D eigenvalue weighted by molar-refractivity contribution is -0.383. The molecule has 1 amide bonds. The van der Waals surface area contributed by atoms with Gasteiger partial charge in [-0.2, -0.15) is 0 Å². The van der Waals surface area contributed by atoms with E-state index in [4.69, 9.17) is 9.15 Å². The van der Waals surface area contributed by atoms with Gasteiger partial charge in [-0.1, -0.05) is 6.07 Å². The summed E-state index contributed by atoms with van der Waals surface area (Å²) < 4.78 is 10.7. The summed E-state index contributed by atoms with van der Waals surface area (Å²) in [6, 6.07) is 8.78. The second kappa shape index (κ2) is 8.42. The summed E-state index contributed by atoms with van der Waals surface area (Å²) in [4.78, 5) is 27.2. The van der Waals surface area contributed by atoms with Crippen LogP contribution in [-0.4, -0.2) is 47.7 Å². The van der Waals surface area contributed by atoms with E-state index >= 15 is 0 Å². The van der Waals surface area contributed by atoms with Gasteiger partial charge in [-0.3, -0.25) is 10.1 Å². The molecule has 1 saturated heterocycles. The number of para-hydroxylation sites is 1. The van der Waals surface area contributed by atoms with E-state index in [0.29, 0.717) is 49.9 Å². The average molecular weight is 402 g/mol. The number of piperazine rings is 1. The second-order valence-electron chi connectivity index (χ2n) is 7.82. The molecule has 29 heavy (non-hydrogen) atoms. The number of amides is 1. The van der Waals surface area contributed by atoms with Gasteiger partial charge >= 0.3 is 11.8 Å². The molecule has 9 heteroatoms. The number of rotatable bonds is 5. The van der Waals surface area contributed by atoms with Gasteiger partial charge in [0.05, 0.1) is 17.7 Å². The van der Waals surface area contributed by atoms with Crippen LogP contribution in [-0.2, 0) is 11.3 Å². The molecule has 1 aliphatic rings. The monoisotopic (exact) mass is 402 g/mol. The van der Waals surface area contributed by atoms with E-state index in [1.807, 2.05) is 25.7 Å². The molecular weight excluding hydrogens is 376 g/mol. The molecule has 9 nitrogen and oxygen atoms in total. The van der Waals surface area contributed by atoms with E-state index < -0.39 is 5.60 Å². The van der Waals surface area contributed by atoms with Crippen molar-refractivity contribution in [3.05, 3.63) is 52.5 Å². The van der Waals surface area contributed by atoms with Crippen molar-refractivity contribution in [3.63, 3.8) is 0 Å². The van der Waals surface area contributed by atoms with E-state index in [1.54, 1.807) is 41.5 Å². The number of nitrogens with zero attached hydrogens (tertiary/aromatic N) is 3. The molecule has 0 aliphatic carbocycles. The van der Waals surface area contributed by atoms with Crippen LogP contribution in [0, 0.1) is 10.1 Å². The second-order valence-corrected chi connectivity index (χ2v) is 7.82. The molecule has 0 saturated carbocycles. The largest absolute Gasteiger partial charge is 0.467 e. The lowest BCUT2D eigenvalue weighted by atomic mass is 10.2. The lowest BCUT2D eigenvalue weighted by Crippen LogP contribution is -2.50. The third-order valence-electron chi connectivity index (χ3n) is 4.50. The van der Waals surface area contributed by atoms with E-state index in [2.05, 4.69) is 5.32 Å². The Morgan fingerprint density at radius 3 is 2.52 bits per heavy atom. The molecule has 3 rings (SSSR count). The Balaban J connectivity index is 1.71. The van der Waals surface area contributed by atoms with Crippen molar-refractivity contribution in [1.82, 2.24) is 4.90 Å². The van der Waals surface area contributed by atoms with Crippen LogP contribution in [0.3, 0.4) is 0 Å². The zero-order valence-electron chi connectivity index (χ0n) is 16.9. The minimum atomic E-state index is -0.555. The maximum absolute atomic E-state index is 12.2. The third kappa shape index (κ3) is 5.18. The molecule has 0 radical (unpaired) electrons. The molecule has 1 aliphatic heterocycles. The van der Waals surface area contributed by atoms with Crippen molar-refractivity contribution < 1.29 is 18.9 Å². The zero-order chi connectivity index (χ0) is 21.0. The smallest absolute Gasteiger partial charge is 0.410 e. The van der Waals surface area contributed by atoms with Gasteiger partial charge in [0.15, 0.2) is 0 Å². The molecule has 1 aromatic carbocycles. The summed E-state index contributed by atoms with van der Waals surface area (Å²) in [6.45, 7) is 7.68. The number of carbonyl (C=O) groups excluding carboxylic acids is 1. The van der Waals surface area contributed by atoms with Crippen LogP contribution in [0.5, 0.6) is 0 Å². The predicted octanol–water partition coefficient (Wildman–Crippen LogP) is 3.86. The van der Waals surface area contributed by atoms with Crippen LogP contribution in [0.25, 0.3) is 0 Å². The number of carbonyl (C=O) groups is 1. The van der Waals surface area contributed by atoms with Crippen LogP contribution < -0.4 is 10.2 Å². The van der Waals surface area contributed by atoms with Gasteiger partial charge in [0.1, 0.15) is 22.7 Å². The molecule has 1 N–H and O–H groups in total. The number of nitro benzene ring substituents is 1. The maximum atomic E-state index is 12.2. The summed E-state index contributed by atoms with van der Waals surface area (Å²) in [7, 11) is 0. The van der Waals surface area contributed by atoms with Gasteiger partial charge in [-0.15, -0.1) is 0 Å². The van der Waals surface area contributed by atoms with Crippen LogP contribution >= 0.6 is 0 Å². The Bertz CT molecular complexity index is 852. The van der Waals surface area contributed by atoms with Gasteiger partial charge in [0, 0.05) is 26.2 Å². The van der Waals surface area contributed by atoms with Gasteiger partial charge in [-0.25, -0.2) is 4.79 Å². The number of ether oxygens (including phenoxy) is 1. The predicted molar refractivity (Wildman–Crippen MR) is 109 cm³/mol. The lowest BCUT2D eigenvalue weighted by Gasteiger charge is -2.36. The molecule has 1 fully saturated rings. The SMILES string of the molecule is CC(C)(C)OC(=O)N1CCN(c2cccc(NCc3ccco3)c2[N+](=O)[O-])CC1. The molecule has 156 valence electrons. The molecule has 0 spiro atoms. The van der Waals surface area contributed by atoms with Crippen LogP contribution in [0.1, 0.15) is 26.5 Å². The van der Waals surface area contributed by atoms with Crippen LogP contribution in [0.4, 0.5) is 21.9 Å². The summed E-state index contributed by atoms with van der Waals surface area (Å²) >= 11 is 0. The number of benzene rings is 1. The van der Waals surface area contributed by atoms with Gasteiger partial charge in [0.2, 0.25) is 0 Å². The van der Waals surface area contributed by atoms with E-state index in [1.165, 1.54) is 0 Å².